The molecule has 3 aromatic rings. The number of methoxy groups -OCH3 is 1. The third-order valence-electron chi connectivity index (χ3n) is 5.65. The SMILES string of the molecule is COc1cccc(-c2cnc(Nc3cc(Cl)cc(Cl)c3)nc2NC2CCN(C(=O)C(F)(F)F)CC2)c1. The number of ether oxygens (including phenoxy) is 1. The number of nitrogens with one attached hydrogen (secondary N) is 2. The number of likely N-dealkylation sites (tertiary alicyclic amines) is 1. The molecule has 2 aromatic carbocycles. The number of hydrogen-bond donors (Lipinski definition) is 2. The molecule has 4 rings (SSSR count). The zero-order valence-corrected chi connectivity index (χ0v) is 20.6. The van der Waals surface area contributed by atoms with Crippen molar-refractivity contribution in [1.29, 1.82) is 0 Å². The molecule has 2 N–H and O–H groups in total. The molecule has 1 saturated heterocycles. The Labute approximate surface area is 215 Å². The van der Waals surface area contributed by atoms with Gasteiger partial charge in [-0.3, -0.25) is 4.79 Å². The molecule has 0 aliphatic carbocycles. The van der Waals surface area contributed by atoms with Crippen molar-refractivity contribution < 1.29 is 22.7 Å². The van der Waals surface area contributed by atoms with Crippen LogP contribution >= 0.6 is 23.2 Å². The number of carbonyl (C=O) groups excluding carboxylic acids is 1. The van der Waals surface area contributed by atoms with Crippen molar-refractivity contribution >= 4 is 46.6 Å². The Balaban J connectivity index is 1.59. The molecular formula is C24H22Cl2F3N5O2. The average molecular weight is 540 g/mol. The molecule has 0 unspecified atom stereocenters. The van der Waals surface area contributed by atoms with Crippen molar-refractivity contribution in [3.63, 3.8) is 0 Å². The number of amides is 1. The molecule has 0 saturated carbocycles. The quantitative estimate of drug-likeness (QED) is 0.390. The highest BCUT2D eigenvalue weighted by Crippen LogP contribution is 2.32. The van der Waals surface area contributed by atoms with E-state index in [2.05, 4.69) is 20.6 Å². The van der Waals surface area contributed by atoms with Gasteiger partial charge in [-0.1, -0.05) is 35.3 Å². The van der Waals surface area contributed by atoms with Gasteiger partial charge in [-0.25, -0.2) is 4.98 Å². The minimum absolute atomic E-state index is 0.0122. The first-order valence-corrected chi connectivity index (χ1v) is 11.7. The van der Waals surface area contributed by atoms with E-state index in [9.17, 15) is 18.0 Å². The Morgan fingerprint density at radius 3 is 2.44 bits per heavy atom. The summed E-state index contributed by atoms with van der Waals surface area (Å²) in [5.41, 5.74) is 2.06. The van der Waals surface area contributed by atoms with Crippen LogP contribution in [0.4, 0.5) is 30.6 Å². The van der Waals surface area contributed by atoms with Gasteiger partial charge in [-0.05, 0) is 48.7 Å². The lowest BCUT2D eigenvalue weighted by molar-refractivity contribution is -0.186. The Kier molecular flexibility index (Phi) is 7.75. The molecule has 0 spiro atoms. The molecule has 0 radical (unpaired) electrons. The third kappa shape index (κ3) is 6.30. The lowest BCUT2D eigenvalue weighted by Crippen LogP contribution is -2.47. The fraction of sp³-hybridized carbons (Fsp3) is 0.292. The van der Waals surface area contributed by atoms with Gasteiger partial charge >= 0.3 is 12.1 Å². The van der Waals surface area contributed by atoms with Crippen LogP contribution in [0.5, 0.6) is 5.75 Å². The lowest BCUT2D eigenvalue weighted by atomic mass is 10.0. The molecule has 7 nitrogen and oxygen atoms in total. The van der Waals surface area contributed by atoms with E-state index in [-0.39, 0.29) is 25.1 Å². The van der Waals surface area contributed by atoms with Gasteiger partial charge in [0.15, 0.2) is 0 Å². The van der Waals surface area contributed by atoms with Crippen LogP contribution in [0.15, 0.2) is 48.7 Å². The molecule has 1 aliphatic heterocycles. The zero-order chi connectivity index (χ0) is 25.9. The number of hydrogen-bond acceptors (Lipinski definition) is 6. The summed E-state index contributed by atoms with van der Waals surface area (Å²) in [7, 11) is 1.56. The number of nitrogens with zero attached hydrogens (tertiary/aromatic N) is 3. The molecule has 36 heavy (non-hydrogen) atoms. The summed E-state index contributed by atoms with van der Waals surface area (Å²) >= 11 is 12.2. The number of carbonyl (C=O) groups is 1. The maximum atomic E-state index is 12.8. The highest BCUT2D eigenvalue weighted by molar-refractivity contribution is 6.35. The first-order chi connectivity index (χ1) is 17.1. The van der Waals surface area contributed by atoms with E-state index in [0.717, 1.165) is 10.5 Å². The van der Waals surface area contributed by atoms with Crippen molar-refractivity contribution in [3.05, 3.63) is 58.7 Å². The van der Waals surface area contributed by atoms with Crippen LogP contribution in [0.25, 0.3) is 11.1 Å². The van der Waals surface area contributed by atoms with Gasteiger partial charge in [-0.2, -0.15) is 18.2 Å². The van der Waals surface area contributed by atoms with Gasteiger partial charge in [0, 0.05) is 46.6 Å². The number of halogens is 5. The van der Waals surface area contributed by atoms with Gasteiger partial charge in [0.25, 0.3) is 0 Å². The minimum Gasteiger partial charge on any atom is -0.497 e. The van der Waals surface area contributed by atoms with Gasteiger partial charge in [0.1, 0.15) is 11.6 Å². The van der Waals surface area contributed by atoms with Crippen molar-refractivity contribution in [3.8, 4) is 16.9 Å². The molecule has 1 aliphatic rings. The first kappa shape index (κ1) is 25.8. The fourth-order valence-corrected chi connectivity index (χ4v) is 4.43. The van der Waals surface area contributed by atoms with E-state index in [4.69, 9.17) is 27.9 Å². The molecule has 1 amide bonds. The molecular weight excluding hydrogens is 518 g/mol. The molecule has 0 bridgehead atoms. The highest BCUT2D eigenvalue weighted by Gasteiger charge is 2.43. The Morgan fingerprint density at radius 2 is 1.81 bits per heavy atom. The lowest BCUT2D eigenvalue weighted by Gasteiger charge is -2.33. The second-order valence-electron chi connectivity index (χ2n) is 8.18. The van der Waals surface area contributed by atoms with Gasteiger partial charge < -0.3 is 20.3 Å². The first-order valence-electron chi connectivity index (χ1n) is 11.0. The van der Waals surface area contributed by atoms with Crippen LogP contribution in [0.2, 0.25) is 10.0 Å². The number of alkyl halides is 3. The monoisotopic (exact) mass is 539 g/mol. The van der Waals surface area contributed by atoms with E-state index in [1.54, 1.807) is 31.5 Å². The summed E-state index contributed by atoms with van der Waals surface area (Å²) in [5.74, 6) is -0.415. The molecule has 0 atom stereocenters. The predicted octanol–water partition coefficient (Wildman–Crippen LogP) is 6.17. The van der Waals surface area contributed by atoms with Crippen LogP contribution in [-0.4, -0.2) is 53.2 Å². The van der Waals surface area contributed by atoms with Crippen molar-refractivity contribution in [1.82, 2.24) is 14.9 Å². The smallest absolute Gasteiger partial charge is 0.471 e. The van der Waals surface area contributed by atoms with E-state index in [1.165, 1.54) is 0 Å². The van der Waals surface area contributed by atoms with Crippen LogP contribution < -0.4 is 15.4 Å². The second kappa shape index (κ2) is 10.8. The van der Waals surface area contributed by atoms with Crippen LogP contribution in [0, 0.1) is 0 Å². The maximum absolute atomic E-state index is 12.8. The number of piperidine rings is 1. The zero-order valence-electron chi connectivity index (χ0n) is 19.1. The summed E-state index contributed by atoms with van der Waals surface area (Å²) < 4.78 is 43.7. The summed E-state index contributed by atoms with van der Waals surface area (Å²) in [6.45, 7) is -0.0244. The van der Waals surface area contributed by atoms with E-state index < -0.39 is 12.1 Å². The molecule has 1 aromatic heterocycles. The van der Waals surface area contributed by atoms with Crippen LogP contribution in [-0.2, 0) is 4.79 Å². The minimum atomic E-state index is -4.88. The highest BCUT2D eigenvalue weighted by atomic mass is 35.5. The molecule has 190 valence electrons. The summed E-state index contributed by atoms with van der Waals surface area (Å²) in [5, 5.41) is 7.28. The Bertz CT molecular complexity index is 1230. The summed E-state index contributed by atoms with van der Waals surface area (Å²) in [4.78, 5) is 21.4. The van der Waals surface area contributed by atoms with Gasteiger partial charge in [-0.15, -0.1) is 0 Å². The number of anilines is 3. The number of rotatable bonds is 6. The molecule has 1 fully saturated rings. The summed E-state index contributed by atoms with van der Waals surface area (Å²) in [6.07, 6.45) is -2.58. The van der Waals surface area contributed by atoms with Crippen molar-refractivity contribution in [2.75, 3.05) is 30.8 Å². The Hall–Kier alpha value is -3.24. The fourth-order valence-electron chi connectivity index (χ4n) is 3.91. The van der Waals surface area contributed by atoms with E-state index in [1.807, 2.05) is 24.3 Å². The van der Waals surface area contributed by atoms with E-state index in [0.29, 0.717) is 45.7 Å². The topological polar surface area (TPSA) is 79.4 Å². The van der Waals surface area contributed by atoms with Crippen LogP contribution in [0.1, 0.15) is 12.8 Å². The van der Waals surface area contributed by atoms with Gasteiger partial charge in [0.2, 0.25) is 5.95 Å². The van der Waals surface area contributed by atoms with Gasteiger partial charge in [0.05, 0.1) is 7.11 Å². The van der Waals surface area contributed by atoms with Crippen molar-refractivity contribution in [2.45, 2.75) is 25.1 Å². The molecule has 2 heterocycles. The maximum Gasteiger partial charge on any atom is 0.471 e. The average Bonchev–Trinajstić information content (AvgIpc) is 2.83. The standard InChI is InChI=1S/C24H22Cl2F3N5O2/c1-36-19-4-2-3-14(9-19)20-13-30-23(32-18-11-15(25)10-16(26)12-18)33-21(20)31-17-5-7-34(8-6-17)22(35)24(27,28)29/h2-4,9-13,17H,5-8H2,1H3,(H2,30,31,32,33). The second-order valence-corrected chi connectivity index (χ2v) is 9.05. The summed E-state index contributed by atoms with van der Waals surface area (Å²) in [6, 6.07) is 12.1. The molecule has 12 heteroatoms. The largest absolute Gasteiger partial charge is 0.497 e. The van der Waals surface area contributed by atoms with Crippen LogP contribution in [0.3, 0.4) is 0 Å². The number of benzene rings is 2. The predicted molar refractivity (Wildman–Crippen MR) is 133 cm³/mol. The van der Waals surface area contributed by atoms with Crippen molar-refractivity contribution in [2.24, 2.45) is 0 Å². The normalized spacial score (nSPS) is 14.4. The third-order valence-corrected chi connectivity index (χ3v) is 6.09. The number of aromatic nitrogens is 2. The Morgan fingerprint density at radius 1 is 1.11 bits per heavy atom. The van der Waals surface area contributed by atoms with E-state index >= 15 is 0 Å².